The molecule has 1 heterocycles. The lowest BCUT2D eigenvalue weighted by Crippen LogP contribution is -2.37. The lowest BCUT2D eigenvalue weighted by atomic mass is 10.0. The minimum Gasteiger partial charge on any atom is -0.339 e. The maximum atomic E-state index is 12.7. The summed E-state index contributed by atoms with van der Waals surface area (Å²) in [6, 6.07) is 6.40. The molecule has 1 aliphatic rings. The molecule has 1 aromatic carbocycles. The highest BCUT2D eigenvalue weighted by Crippen LogP contribution is 2.23. The first kappa shape index (κ1) is 19.9. The summed E-state index contributed by atoms with van der Waals surface area (Å²) < 4.78 is 27.0. The van der Waals surface area contributed by atoms with Gasteiger partial charge in [-0.25, -0.2) is 8.42 Å². The van der Waals surface area contributed by atoms with Gasteiger partial charge >= 0.3 is 0 Å². The molecule has 1 aliphatic heterocycles. The van der Waals surface area contributed by atoms with Gasteiger partial charge in [-0.1, -0.05) is 20.3 Å². The molecule has 1 aromatic rings. The molecular formula is C19H30N2O3S. The van der Waals surface area contributed by atoms with Gasteiger partial charge in [0.25, 0.3) is 5.91 Å². The average molecular weight is 367 g/mol. The number of amides is 1. The lowest BCUT2D eigenvalue weighted by molar-refractivity contribution is 0.0762. The van der Waals surface area contributed by atoms with E-state index in [0.717, 1.165) is 32.2 Å². The maximum Gasteiger partial charge on any atom is 0.253 e. The van der Waals surface area contributed by atoms with Crippen LogP contribution in [0.25, 0.3) is 0 Å². The molecule has 2 rings (SSSR count). The Morgan fingerprint density at radius 1 is 1.16 bits per heavy atom. The smallest absolute Gasteiger partial charge is 0.253 e. The predicted molar refractivity (Wildman–Crippen MR) is 100 cm³/mol. The Morgan fingerprint density at radius 3 is 2.28 bits per heavy atom. The Kier molecular flexibility index (Phi) is 7.02. The second kappa shape index (κ2) is 8.81. The van der Waals surface area contributed by atoms with Crippen LogP contribution in [0.1, 0.15) is 56.8 Å². The molecule has 0 aliphatic carbocycles. The lowest BCUT2D eigenvalue weighted by Gasteiger charge is -2.29. The van der Waals surface area contributed by atoms with Gasteiger partial charge in [0.2, 0.25) is 10.0 Å². The Balaban J connectivity index is 2.12. The van der Waals surface area contributed by atoms with Crippen molar-refractivity contribution < 1.29 is 13.2 Å². The van der Waals surface area contributed by atoms with Gasteiger partial charge in [-0.15, -0.1) is 0 Å². The van der Waals surface area contributed by atoms with Crippen molar-refractivity contribution in [2.45, 2.75) is 51.3 Å². The molecule has 0 spiro atoms. The van der Waals surface area contributed by atoms with E-state index in [4.69, 9.17) is 0 Å². The van der Waals surface area contributed by atoms with Crippen molar-refractivity contribution >= 4 is 15.9 Å². The van der Waals surface area contributed by atoms with E-state index in [1.54, 1.807) is 33.5 Å². The Hall–Kier alpha value is -1.40. The standard InChI is InChI=1S/C19H30N2O3S/c1-4-6-13-20(5-2)19(22)17-7-9-18(10-8-17)25(23,24)21-14-11-16(3)12-15-21/h7-10,16H,4-6,11-15H2,1-3H3. The van der Waals surface area contributed by atoms with Crippen LogP contribution in [0.15, 0.2) is 29.2 Å². The van der Waals surface area contributed by atoms with Gasteiger partial charge in [0.05, 0.1) is 4.90 Å². The van der Waals surface area contributed by atoms with Crippen LogP contribution in [0.4, 0.5) is 0 Å². The summed E-state index contributed by atoms with van der Waals surface area (Å²) in [6.45, 7) is 8.75. The summed E-state index contributed by atoms with van der Waals surface area (Å²) in [7, 11) is -3.46. The number of nitrogens with zero attached hydrogens (tertiary/aromatic N) is 2. The van der Waals surface area contributed by atoms with Crippen molar-refractivity contribution in [2.75, 3.05) is 26.2 Å². The van der Waals surface area contributed by atoms with Gasteiger partial charge in [0.15, 0.2) is 0 Å². The summed E-state index contributed by atoms with van der Waals surface area (Å²) >= 11 is 0. The number of unbranched alkanes of at least 4 members (excludes halogenated alkanes) is 1. The van der Waals surface area contributed by atoms with Crippen molar-refractivity contribution in [1.82, 2.24) is 9.21 Å². The Morgan fingerprint density at radius 2 is 1.76 bits per heavy atom. The highest BCUT2D eigenvalue weighted by Gasteiger charge is 2.28. The summed E-state index contributed by atoms with van der Waals surface area (Å²) in [6.07, 6.45) is 3.81. The van der Waals surface area contributed by atoms with Crippen molar-refractivity contribution in [3.05, 3.63) is 29.8 Å². The van der Waals surface area contributed by atoms with Gasteiger partial charge in [0, 0.05) is 31.7 Å². The molecule has 1 fully saturated rings. The van der Waals surface area contributed by atoms with Gasteiger partial charge in [-0.05, 0) is 56.4 Å². The third-order valence-electron chi connectivity index (χ3n) is 4.93. The molecule has 25 heavy (non-hydrogen) atoms. The number of hydrogen-bond acceptors (Lipinski definition) is 3. The maximum absolute atomic E-state index is 12.7. The van der Waals surface area contributed by atoms with Crippen LogP contribution in [0.3, 0.4) is 0 Å². The summed E-state index contributed by atoms with van der Waals surface area (Å²) in [5.41, 5.74) is 0.546. The predicted octanol–water partition coefficient (Wildman–Crippen LogP) is 3.37. The number of carbonyl (C=O) groups excluding carboxylic acids is 1. The van der Waals surface area contributed by atoms with E-state index < -0.39 is 10.0 Å². The molecule has 5 nitrogen and oxygen atoms in total. The van der Waals surface area contributed by atoms with E-state index in [0.29, 0.717) is 31.1 Å². The number of piperidine rings is 1. The number of carbonyl (C=O) groups is 1. The highest BCUT2D eigenvalue weighted by atomic mass is 32.2. The molecule has 0 radical (unpaired) electrons. The van der Waals surface area contributed by atoms with Gasteiger partial charge in [0.1, 0.15) is 0 Å². The van der Waals surface area contributed by atoms with Crippen molar-refractivity contribution in [2.24, 2.45) is 5.92 Å². The second-order valence-corrected chi connectivity index (χ2v) is 8.79. The Labute approximate surface area is 152 Å². The number of rotatable bonds is 7. The first-order valence-electron chi connectivity index (χ1n) is 9.29. The van der Waals surface area contributed by atoms with E-state index in [9.17, 15) is 13.2 Å². The van der Waals surface area contributed by atoms with Crippen LogP contribution in [0.5, 0.6) is 0 Å². The fourth-order valence-corrected chi connectivity index (χ4v) is 4.55. The molecule has 0 bridgehead atoms. The quantitative estimate of drug-likeness (QED) is 0.743. The van der Waals surface area contributed by atoms with E-state index >= 15 is 0 Å². The molecule has 0 saturated carbocycles. The van der Waals surface area contributed by atoms with E-state index in [-0.39, 0.29) is 10.8 Å². The Bertz CT molecular complexity index is 662. The third kappa shape index (κ3) is 4.82. The van der Waals surface area contributed by atoms with E-state index in [1.807, 2.05) is 6.92 Å². The highest BCUT2D eigenvalue weighted by molar-refractivity contribution is 7.89. The molecule has 0 N–H and O–H groups in total. The first-order chi connectivity index (χ1) is 11.9. The van der Waals surface area contributed by atoms with E-state index in [2.05, 4.69) is 13.8 Å². The monoisotopic (exact) mass is 366 g/mol. The van der Waals surface area contributed by atoms with Gasteiger partial charge in [-0.2, -0.15) is 4.31 Å². The van der Waals surface area contributed by atoms with Crippen LogP contribution < -0.4 is 0 Å². The minimum atomic E-state index is -3.46. The van der Waals surface area contributed by atoms with Crippen LogP contribution >= 0.6 is 0 Å². The zero-order valence-electron chi connectivity index (χ0n) is 15.6. The topological polar surface area (TPSA) is 57.7 Å². The minimum absolute atomic E-state index is 0.0355. The van der Waals surface area contributed by atoms with Gasteiger partial charge in [-0.3, -0.25) is 4.79 Å². The zero-order chi connectivity index (χ0) is 18.4. The molecule has 140 valence electrons. The second-order valence-electron chi connectivity index (χ2n) is 6.85. The zero-order valence-corrected chi connectivity index (χ0v) is 16.4. The SMILES string of the molecule is CCCCN(CC)C(=O)c1ccc(S(=O)(=O)N2CCC(C)CC2)cc1. The van der Waals surface area contributed by atoms with Crippen molar-refractivity contribution in [1.29, 1.82) is 0 Å². The largest absolute Gasteiger partial charge is 0.339 e. The summed E-state index contributed by atoms with van der Waals surface area (Å²) in [4.78, 5) is 14.6. The van der Waals surface area contributed by atoms with Crippen LogP contribution in [-0.2, 0) is 10.0 Å². The number of benzene rings is 1. The summed E-state index contributed by atoms with van der Waals surface area (Å²) in [5.74, 6) is 0.543. The summed E-state index contributed by atoms with van der Waals surface area (Å²) in [5, 5.41) is 0. The molecule has 0 unspecified atom stereocenters. The normalized spacial score (nSPS) is 16.8. The van der Waals surface area contributed by atoms with E-state index in [1.165, 1.54) is 0 Å². The molecule has 0 aromatic heterocycles. The molecule has 1 amide bonds. The molecule has 1 saturated heterocycles. The first-order valence-corrected chi connectivity index (χ1v) is 10.7. The molecular weight excluding hydrogens is 336 g/mol. The number of sulfonamides is 1. The van der Waals surface area contributed by atoms with Crippen molar-refractivity contribution in [3.8, 4) is 0 Å². The fourth-order valence-electron chi connectivity index (χ4n) is 3.08. The third-order valence-corrected chi connectivity index (χ3v) is 6.85. The molecule has 6 heteroatoms. The van der Waals surface area contributed by atoms with Crippen molar-refractivity contribution in [3.63, 3.8) is 0 Å². The van der Waals surface area contributed by atoms with Crippen LogP contribution in [-0.4, -0.2) is 49.7 Å². The van der Waals surface area contributed by atoms with Gasteiger partial charge < -0.3 is 4.90 Å². The molecule has 0 atom stereocenters. The van der Waals surface area contributed by atoms with Crippen LogP contribution in [0.2, 0.25) is 0 Å². The van der Waals surface area contributed by atoms with Crippen LogP contribution in [0, 0.1) is 5.92 Å². The average Bonchev–Trinajstić information content (AvgIpc) is 2.62. The fraction of sp³-hybridized carbons (Fsp3) is 0.632. The number of hydrogen-bond donors (Lipinski definition) is 0.